The summed E-state index contributed by atoms with van der Waals surface area (Å²) in [6.45, 7) is 0. The summed E-state index contributed by atoms with van der Waals surface area (Å²) in [6.07, 6.45) is 0. The van der Waals surface area contributed by atoms with Gasteiger partial charge in [0.25, 0.3) is 0 Å². The van der Waals surface area contributed by atoms with E-state index in [1.807, 2.05) is 0 Å². The third-order valence-electron chi connectivity index (χ3n) is 1.97. The highest BCUT2D eigenvalue weighted by atomic mass is 35.5. The molecule has 1 aromatic heterocycles. The quantitative estimate of drug-likeness (QED) is 0.758. The smallest absolute Gasteiger partial charge is 0.295 e. The Hall–Kier alpha value is -1.30. The van der Waals surface area contributed by atoms with Gasteiger partial charge in [0.15, 0.2) is 5.82 Å². The topological polar surface area (TPSA) is 65.1 Å². The molecule has 0 aliphatic heterocycles. The summed E-state index contributed by atoms with van der Waals surface area (Å²) in [7, 11) is 0. The highest BCUT2D eigenvalue weighted by molar-refractivity contribution is 6.63. The van der Waals surface area contributed by atoms with E-state index in [0.717, 1.165) is 0 Å². The lowest BCUT2D eigenvalue weighted by molar-refractivity contribution is 0.259. The summed E-state index contributed by atoms with van der Waals surface area (Å²) < 4.78 is 4.89. The minimum atomic E-state index is -1.05. The molecule has 0 unspecified atom stereocenters. The molecule has 0 radical (unpaired) electrons. The van der Waals surface area contributed by atoms with E-state index in [-0.39, 0.29) is 21.4 Å². The molecule has 0 fully saturated rings. The maximum absolute atomic E-state index is 11.2. The van der Waals surface area contributed by atoms with Gasteiger partial charge in [0.05, 0.1) is 15.6 Å². The normalized spacial score (nSPS) is 10.5. The predicted molar refractivity (Wildman–Crippen MR) is 62.9 cm³/mol. The summed E-state index contributed by atoms with van der Waals surface area (Å²) in [6, 6.07) is 4.68. The average molecular weight is 293 g/mol. The molecule has 88 valence electrons. The van der Waals surface area contributed by atoms with E-state index in [1.165, 1.54) is 12.1 Å². The molecule has 0 atom stereocenters. The third kappa shape index (κ3) is 2.09. The van der Waals surface area contributed by atoms with Crippen LogP contribution in [-0.2, 0) is 0 Å². The Kier molecular flexibility index (Phi) is 3.24. The van der Waals surface area contributed by atoms with Gasteiger partial charge >= 0.3 is 11.1 Å². The van der Waals surface area contributed by atoms with Crippen molar-refractivity contribution in [3.8, 4) is 11.4 Å². The van der Waals surface area contributed by atoms with Crippen molar-refractivity contribution in [1.29, 1.82) is 0 Å². The van der Waals surface area contributed by atoms with Crippen molar-refractivity contribution in [3.63, 3.8) is 0 Å². The molecule has 0 saturated heterocycles. The molecule has 17 heavy (non-hydrogen) atoms. The van der Waals surface area contributed by atoms with Gasteiger partial charge in [-0.05, 0) is 23.7 Å². The second kappa shape index (κ2) is 4.52. The predicted octanol–water partition coefficient (Wildman–Crippen LogP) is 3.02. The molecule has 0 amide bonds. The second-order valence-electron chi connectivity index (χ2n) is 2.96. The maximum Gasteiger partial charge on any atom is 0.449 e. The van der Waals surface area contributed by atoms with Crippen LogP contribution in [0.3, 0.4) is 0 Å². The van der Waals surface area contributed by atoms with E-state index in [9.17, 15) is 9.59 Å². The SMILES string of the molecule is O=C(Cl)n1c(-c2c(Cl)cccc2Cl)noc1=O. The van der Waals surface area contributed by atoms with Crippen LogP contribution in [0.25, 0.3) is 11.4 Å². The molecule has 1 aromatic carbocycles. The van der Waals surface area contributed by atoms with E-state index in [1.54, 1.807) is 6.07 Å². The molecule has 2 rings (SSSR count). The number of aromatic nitrogens is 2. The van der Waals surface area contributed by atoms with Gasteiger partial charge < -0.3 is 0 Å². The Morgan fingerprint density at radius 1 is 1.29 bits per heavy atom. The van der Waals surface area contributed by atoms with Crippen molar-refractivity contribution < 1.29 is 9.32 Å². The largest absolute Gasteiger partial charge is 0.449 e. The monoisotopic (exact) mass is 292 g/mol. The molecule has 0 aliphatic carbocycles. The van der Waals surface area contributed by atoms with E-state index in [0.29, 0.717) is 4.57 Å². The molecule has 0 N–H and O–H groups in total. The highest BCUT2D eigenvalue weighted by Crippen LogP contribution is 2.32. The fourth-order valence-corrected chi connectivity index (χ4v) is 1.99. The Bertz CT molecular complexity index is 627. The number of nitrogens with zero attached hydrogens (tertiary/aromatic N) is 2. The van der Waals surface area contributed by atoms with Crippen LogP contribution in [0.1, 0.15) is 0 Å². The van der Waals surface area contributed by atoms with Crippen LogP contribution in [0.15, 0.2) is 27.5 Å². The first-order valence-corrected chi connectivity index (χ1v) is 5.38. The zero-order chi connectivity index (χ0) is 12.6. The molecule has 1 heterocycles. The molecule has 0 bridgehead atoms. The minimum Gasteiger partial charge on any atom is -0.295 e. The van der Waals surface area contributed by atoms with Crippen molar-refractivity contribution in [1.82, 2.24) is 9.72 Å². The fraction of sp³-hybridized carbons (Fsp3) is 0. The van der Waals surface area contributed by atoms with Gasteiger partial charge in [-0.1, -0.05) is 34.4 Å². The zero-order valence-electron chi connectivity index (χ0n) is 7.99. The summed E-state index contributed by atoms with van der Waals surface area (Å²) in [4.78, 5) is 22.3. The first kappa shape index (κ1) is 12.2. The van der Waals surface area contributed by atoms with Crippen molar-refractivity contribution >= 4 is 40.2 Å². The molecule has 0 aliphatic rings. The lowest BCUT2D eigenvalue weighted by Crippen LogP contribution is -2.18. The maximum atomic E-state index is 11.2. The molecule has 0 spiro atoms. The highest BCUT2D eigenvalue weighted by Gasteiger charge is 2.21. The number of halogens is 3. The van der Waals surface area contributed by atoms with Gasteiger partial charge in [0.1, 0.15) is 0 Å². The van der Waals surface area contributed by atoms with Gasteiger partial charge in [0.2, 0.25) is 0 Å². The number of carbonyl (C=O) groups excluding carboxylic acids is 1. The van der Waals surface area contributed by atoms with Crippen LogP contribution in [-0.4, -0.2) is 15.1 Å². The Labute approximate surface area is 109 Å². The van der Waals surface area contributed by atoms with Crippen molar-refractivity contribution in [2.45, 2.75) is 0 Å². The van der Waals surface area contributed by atoms with Crippen LogP contribution in [0.2, 0.25) is 10.0 Å². The van der Waals surface area contributed by atoms with Crippen LogP contribution in [0.4, 0.5) is 4.79 Å². The number of hydrogen-bond acceptors (Lipinski definition) is 4. The summed E-state index contributed by atoms with van der Waals surface area (Å²) in [5.41, 5.74) is 0.204. The lowest BCUT2D eigenvalue weighted by Gasteiger charge is -2.04. The van der Waals surface area contributed by atoms with E-state index in [2.05, 4.69) is 9.68 Å². The Morgan fingerprint density at radius 2 is 1.88 bits per heavy atom. The number of benzene rings is 1. The Morgan fingerprint density at radius 3 is 2.41 bits per heavy atom. The number of hydrogen-bond donors (Lipinski definition) is 0. The average Bonchev–Trinajstić information content (AvgIpc) is 2.60. The van der Waals surface area contributed by atoms with Crippen LogP contribution in [0, 0.1) is 0 Å². The first-order chi connectivity index (χ1) is 8.02. The summed E-state index contributed by atoms with van der Waals surface area (Å²) in [5, 5.41) is 2.82. The van der Waals surface area contributed by atoms with E-state index >= 15 is 0 Å². The molecule has 5 nitrogen and oxygen atoms in total. The molecule has 2 aromatic rings. The van der Waals surface area contributed by atoms with Crippen molar-refractivity contribution in [3.05, 3.63) is 38.8 Å². The van der Waals surface area contributed by atoms with Crippen molar-refractivity contribution in [2.24, 2.45) is 0 Å². The lowest BCUT2D eigenvalue weighted by atomic mass is 10.2. The van der Waals surface area contributed by atoms with Crippen LogP contribution < -0.4 is 5.76 Å². The van der Waals surface area contributed by atoms with Gasteiger partial charge in [-0.15, -0.1) is 0 Å². The Balaban J connectivity index is 2.78. The standard InChI is InChI=1S/C9H3Cl3N2O3/c10-4-2-1-3-5(11)6(4)7-13-17-9(16)14(7)8(12)15/h1-3H. The fourth-order valence-electron chi connectivity index (χ4n) is 1.27. The van der Waals surface area contributed by atoms with Crippen LogP contribution >= 0.6 is 34.8 Å². The van der Waals surface area contributed by atoms with Gasteiger partial charge in [0, 0.05) is 0 Å². The van der Waals surface area contributed by atoms with Gasteiger partial charge in [-0.25, -0.2) is 4.79 Å². The minimum absolute atomic E-state index is 0.134. The van der Waals surface area contributed by atoms with Crippen molar-refractivity contribution in [2.75, 3.05) is 0 Å². The number of rotatable bonds is 1. The zero-order valence-corrected chi connectivity index (χ0v) is 10.3. The van der Waals surface area contributed by atoms with Crippen LogP contribution in [0.5, 0.6) is 0 Å². The second-order valence-corrected chi connectivity index (χ2v) is 4.09. The molecular formula is C9H3Cl3N2O3. The third-order valence-corrected chi connectivity index (χ3v) is 2.77. The van der Waals surface area contributed by atoms with Gasteiger partial charge in [-0.3, -0.25) is 9.32 Å². The van der Waals surface area contributed by atoms with E-state index in [4.69, 9.17) is 34.8 Å². The molecule has 8 heteroatoms. The summed E-state index contributed by atoms with van der Waals surface area (Å²) >= 11 is 17.1. The summed E-state index contributed by atoms with van der Waals surface area (Å²) in [5.74, 6) is -1.14. The first-order valence-electron chi connectivity index (χ1n) is 4.25. The van der Waals surface area contributed by atoms with Gasteiger partial charge in [-0.2, -0.15) is 4.57 Å². The van der Waals surface area contributed by atoms with E-state index < -0.39 is 11.1 Å². The molecule has 0 saturated carbocycles. The number of carbonyl (C=O) groups is 1. The molecular weight excluding hydrogens is 290 g/mol.